The number of ketones is 2. The zero-order valence-electron chi connectivity index (χ0n) is 16.1. The van der Waals surface area contributed by atoms with E-state index in [-0.39, 0.29) is 42.5 Å². The lowest BCUT2D eigenvalue weighted by Crippen LogP contribution is -2.21. The van der Waals surface area contributed by atoms with Crippen molar-refractivity contribution in [1.82, 2.24) is 0 Å². The maximum Gasteiger partial charge on any atom is 0.163 e. The van der Waals surface area contributed by atoms with Crippen LogP contribution in [-0.4, -0.2) is 42.1 Å². The van der Waals surface area contributed by atoms with Gasteiger partial charge in [0, 0.05) is 7.09 Å². The van der Waals surface area contributed by atoms with E-state index in [1.54, 1.807) is 30.4 Å². The maximum atomic E-state index is 12.0. The lowest BCUT2D eigenvalue weighted by Gasteiger charge is -2.23. The molecule has 0 radical (unpaired) electrons. The first-order chi connectivity index (χ1) is 13.4. The van der Waals surface area contributed by atoms with Crippen LogP contribution in [0.15, 0.2) is 48.3 Å². The Morgan fingerprint density at radius 2 is 2.07 bits per heavy atom. The first-order valence-electron chi connectivity index (χ1n) is 9.22. The number of aliphatic hydroxyl groups is 1. The number of carbonyl (C=O) groups excluding carboxylic acids is 2. The number of rotatable bonds is 8. The molecule has 1 aromatic carbocycles. The molecule has 0 saturated carbocycles. The summed E-state index contributed by atoms with van der Waals surface area (Å²) in [6, 6.07) is 4.68. The fourth-order valence-electron chi connectivity index (χ4n) is 2.73. The van der Waals surface area contributed by atoms with Gasteiger partial charge in [0.2, 0.25) is 0 Å². The van der Waals surface area contributed by atoms with E-state index in [1.807, 2.05) is 0 Å². The van der Waals surface area contributed by atoms with Crippen LogP contribution in [0.5, 0.6) is 11.5 Å². The number of carbonyl (C=O) groups is 2. The normalized spacial score (nSPS) is 20.5. The molecule has 2 rings (SSSR count). The highest BCUT2D eigenvalue weighted by Crippen LogP contribution is 2.27. The van der Waals surface area contributed by atoms with Crippen molar-refractivity contribution in [3.05, 3.63) is 53.8 Å². The standard InChI is InChI=1S/C21H24O6/c1-26-20-11-14(5-9-18(20)24)3-7-16(22)13-17(23)8-4-15-6-10-19(25)21(12-15)27-2/h3-5,7-11,15,21,24-25H,6,12-13H2,1-2H3/b7-3+,8-4+/i2D. The molecule has 6 heteroatoms. The maximum absolute atomic E-state index is 12.0. The summed E-state index contributed by atoms with van der Waals surface area (Å²) in [4.78, 5) is 24.0. The molecule has 144 valence electrons. The van der Waals surface area contributed by atoms with Crippen molar-refractivity contribution >= 4 is 17.6 Å². The minimum Gasteiger partial charge on any atom is -0.510 e. The van der Waals surface area contributed by atoms with Crippen LogP contribution in [-0.2, 0) is 14.3 Å². The molecule has 2 N–H and O–H groups in total. The van der Waals surface area contributed by atoms with Gasteiger partial charge < -0.3 is 19.7 Å². The van der Waals surface area contributed by atoms with E-state index in [1.165, 1.54) is 25.3 Å². The van der Waals surface area contributed by atoms with Crippen LogP contribution in [0.25, 0.3) is 6.08 Å². The largest absolute Gasteiger partial charge is 0.510 e. The van der Waals surface area contributed by atoms with Crippen LogP contribution >= 0.6 is 0 Å². The van der Waals surface area contributed by atoms with Crippen molar-refractivity contribution < 1.29 is 30.6 Å². The van der Waals surface area contributed by atoms with Crippen LogP contribution in [0.4, 0.5) is 0 Å². The van der Waals surface area contributed by atoms with E-state index < -0.39 is 6.10 Å². The zero-order valence-corrected chi connectivity index (χ0v) is 15.1. The van der Waals surface area contributed by atoms with Crippen LogP contribution in [0, 0.1) is 5.92 Å². The molecule has 0 spiro atoms. The van der Waals surface area contributed by atoms with Gasteiger partial charge in [-0.3, -0.25) is 9.59 Å². The second kappa shape index (κ2) is 9.73. The smallest absolute Gasteiger partial charge is 0.163 e. The minimum absolute atomic E-state index is 0.00602. The van der Waals surface area contributed by atoms with Crippen molar-refractivity contribution in [1.29, 1.82) is 0 Å². The molecule has 0 heterocycles. The minimum atomic E-state index is -0.525. The highest BCUT2D eigenvalue weighted by Gasteiger charge is 2.22. The first kappa shape index (κ1) is 18.9. The summed E-state index contributed by atoms with van der Waals surface area (Å²) in [5, 5.41) is 19.3. The Morgan fingerprint density at radius 3 is 2.81 bits per heavy atom. The number of phenolic OH excluding ortho intramolecular Hbond substituents is 1. The van der Waals surface area contributed by atoms with Crippen LogP contribution in [0.3, 0.4) is 0 Å². The molecular weight excluding hydrogens is 348 g/mol. The lowest BCUT2D eigenvalue weighted by molar-refractivity contribution is -0.121. The van der Waals surface area contributed by atoms with Gasteiger partial charge in [-0.2, -0.15) is 0 Å². The second-order valence-electron chi connectivity index (χ2n) is 6.25. The van der Waals surface area contributed by atoms with Crippen molar-refractivity contribution in [2.75, 3.05) is 14.2 Å². The molecule has 1 aliphatic carbocycles. The van der Waals surface area contributed by atoms with E-state index in [0.717, 1.165) is 0 Å². The highest BCUT2D eigenvalue weighted by molar-refractivity contribution is 6.09. The lowest BCUT2D eigenvalue weighted by atomic mass is 9.90. The fraction of sp³-hybridized carbons (Fsp3) is 0.333. The topological polar surface area (TPSA) is 93.1 Å². The number of allylic oxidation sites excluding steroid dienone is 4. The third-order valence-electron chi connectivity index (χ3n) is 4.25. The van der Waals surface area contributed by atoms with Crippen LogP contribution < -0.4 is 4.74 Å². The fourth-order valence-corrected chi connectivity index (χ4v) is 2.73. The molecule has 6 nitrogen and oxygen atoms in total. The molecule has 2 atom stereocenters. The Kier molecular flexibility index (Phi) is 6.82. The quantitative estimate of drug-likeness (QED) is 0.536. The number of aromatic hydroxyl groups is 1. The Labute approximate surface area is 159 Å². The van der Waals surface area contributed by atoms with E-state index >= 15 is 0 Å². The number of phenols is 1. The number of hydrogen-bond donors (Lipinski definition) is 2. The summed E-state index contributed by atoms with van der Waals surface area (Å²) in [5.41, 5.74) is 0.667. The van der Waals surface area contributed by atoms with Crippen molar-refractivity contribution in [3.8, 4) is 11.5 Å². The molecule has 0 fully saturated rings. The molecule has 2 unspecified atom stereocenters. The Balaban J connectivity index is 1.87. The number of aliphatic hydroxyl groups excluding tert-OH is 1. The van der Waals surface area contributed by atoms with E-state index in [9.17, 15) is 19.8 Å². The Hall–Kier alpha value is -2.86. The van der Waals surface area contributed by atoms with Gasteiger partial charge in [-0.15, -0.1) is 0 Å². The molecule has 0 aliphatic heterocycles. The van der Waals surface area contributed by atoms with Gasteiger partial charge in [0.05, 0.1) is 14.9 Å². The second-order valence-corrected chi connectivity index (χ2v) is 6.25. The van der Waals surface area contributed by atoms with Crippen LogP contribution in [0.1, 0.15) is 26.2 Å². The third kappa shape index (κ3) is 6.11. The predicted octanol–water partition coefficient (Wildman–Crippen LogP) is 3.37. The summed E-state index contributed by atoms with van der Waals surface area (Å²) in [5.74, 6) is -0.213. The summed E-state index contributed by atoms with van der Waals surface area (Å²) >= 11 is 0. The number of methoxy groups -OCH3 is 2. The molecule has 1 aromatic rings. The number of hydrogen-bond acceptors (Lipinski definition) is 6. The van der Waals surface area contributed by atoms with Gasteiger partial charge in [-0.1, -0.05) is 18.2 Å². The van der Waals surface area contributed by atoms with Crippen molar-refractivity contribution in [3.63, 3.8) is 0 Å². The Morgan fingerprint density at radius 1 is 1.30 bits per heavy atom. The SMILES string of the molecule is [2H]COC1CC(/C=C/C(=O)CC(=O)/C=C/c2ccc(O)c(OC)c2)CC=C1O. The van der Waals surface area contributed by atoms with Gasteiger partial charge in [0.25, 0.3) is 0 Å². The molecule has 0 bridgehead atoms. The van der Waals surface area contributed by atoms with E-state index in [2.05, 4.69) is 0 Å². The molecular formula is C21H24O6. The first-order valence-corrected chi connectivity index (χ1v) is 8.51. The van der Waals surface area contributed by atoms with Gasteiger partial charge in [0.1, 0.15) is 11.9 Å². The van der Waals surface area contributed by atoms with E-state index in [0.29, 0.717) is 24.2 Å². The Bertz CT molecular complexity index is 796. The zero-order chi connectivity index (χ0) is 20.5. The average Bonchev–Trinajstić information content (AvgIpc) is 2.68. The molecule has 0 aromatic heterocycles. The molecule has 0 saturated heterocycles. The summed E-state index contributed by atoms with van der Waals surface area (Å²) in [6.45, 7) is 0. The molecule has 0 amide bonds. The summed E-state index contributed by atoms with van der Waals surface area (Å²) < 4.78 is 17.2. The molecule has 27 heavy (non-hydrogen) atoms. The van der Waals surface area contributed by atoms with Crippen molar-refractivity contribution in [2.45, 2.75) is 25.4 Å². The van der Waals surface area contributed by atoms with Gasteiger partial charge in [0.15, 0.2) is 23.1 Å². The number of benzene rings is 1. The van der Waals surface area contributed by atoms with E-state index in [4.69, 9.17) is 10.8 Å². The van der Waals surface area contributed by atoms with Crippen molar-refractivity contribution in [2.24, 2.45) is 5.92 Å². The summed E-state index contributed by atoms with van der Waals surface area (Å²) in [6.07, 6.45) is 7.89. The average molecular weight is 373 g/mol. The van der Waals surface area contributed by atoms with Crippen LogP contribution in [0.2, 0.25) is 0 Å². The van der Waals surface area contributed by atoms with Gasteiger partial charge in [-0.05, 0) is 54.7 Å². The summed E-state index contributed by atoms with van der Waals surface area (Å²) in [7, 11) is 1.19. The monoisotopic (exact) mass is 373 g/mol. The van der Waals surface area contributed by atoms with Gasteiger partial charge >= 0.3 is 0 Å². The highest BCUT2D eigenvalue weighted by atomic mass is 16.5. The van der Waals surface area contributed by atoms with Gasteiger partial charge in [-0.25, -0.2) is 0 Å². The third-order valence-corrected chi connectivity index (χ3v) is 4.25. The predicted molar refractivity (Wildman–Crippen MR) is 102 cm³/mol. The number of ether oxygens (including phenoxy) is 2. The molecule has 1 aliphatic rings.